The first-order chi connectivity index (χ1) is 13.2. The predicted molar refractivity (Wildman–Crippen MR) is 133 cm³/mol. The van der Waals surface area contributed by atoms with Crippen LogP contribution in [0.2, 0.25) is 0 Å². The van der Waals surface area contributed by atoms with E-state index in [9.17, 15) is 0 Å². The van der Waals surface area contributed by atoms with E-state index >= 15 is 0 Å². The van der Waals surface area contributed by atoms with Crippen LogP contribution in [0.15, 0.2) is 12.7 Å². The minimum absolute atomic E-state index is 1.25. The maximum atomic E-state index is 3.36. The molecule has 0 atom stereocenters. The lowest BCUT2D eigenvalue weighted by Crippen LogP contribution is -1.83. The molecule has 0 aliphatic carbocycles. The van der Waals surface area contributed by atoms with Crippen molar-refractivity contribution in [2.45, 2.75) is 164 Å². The van der Waals surface area contributed by atoms with Crippen molar-refractivity contribution in [1.82, 2.24) is 0 Å². The summed E-state index contributed by atoms with van der Waals surface area (Å²) in [5.41, 5.74) is 0. The minimum atomic E-state index is 1.25. The van der Waals surface area contributed by atoms with Crippen molar-refractivity contribution in [3.05, 3.63) is 12.7 Å². The molecular formula is C27H60. The van der Waals surface area contributed by atoms with Gasteiger partial charge in [-0.15, -0.1) is 6.58 Å². The fourth-order valence-electron chi connectivity index (χ4n) is 2.80. The van der Waals surface area contributed by atoms with Crippen LogP contribution in [0, 0.1) is 0 Å². The molecule has 0 aromatic rings. The van der Waals surface area contributed by atoms with Gasteiger partial charge in [0.05, 0.1) is 0 Å². The smallest absolute Gasteiger partial charge is 0.0473 e. The van der Waals surface area contributed by atoms with Crippen molar-refractivity contribution in [3.8, 4) is 0 Å². The topological polar surface area (TPSA) is 0 Å². The van der Waals surface area contributed by atoms with Crippen molar-refractivity contribution in [2.75, 3.05) is 0 Å². The van der Waals surface area contributed by atoms with Crippen LogP contribution in [0.3, 0.4) is 0 Å². The summed E-state index contributed by atoms with van der Waals surface area (Å²) in [6.07, 6.45) is 27.9. The summed E-state index contributed by atoms with van der Waals surface area (Å²) in [4.78, 5) is 0. The molecule has 0 saturated carbocycles. The molecule has 0 amide bonds. The minimum Gasteiger partial charge on any atom is -0.103 e. The number of rotatable bonds is 16. The Kier molecular flexibility index (Phi) is 56.9. The van der Waals surface area contributed by atoms with Gasteiger partial charge in [-0.2, -0.15) is 0 Å². The molecule has 0 aromatic heterocycles. The molecule has 0 fully saturated rings. The summed E-state index contributed by atoms with van der Waals surface area (Å²) >= 11 is 0. The highest BCUT2D eigenvalue weighted by Crippen LogP contribution is 2.13. The standard InChI is InChI=1S/C19H40.C3H8.C3H6.C2H6/c1-3-5-7-9-11-13-15-17-19-18-16-14-12-10-8-6-4-2;2*1-3-2;1-2/h3-19H2,1-2H3;3H2,1-2H3;3H,1H2,2H3;1-2H3. The monoisotopic (exact) mass is 384 g/mol. The van der Waals surface area contributed by atoms with Gasteiger partial charge >= 0.3 is 0 Å². The lowest BCUT2D eigenvalue weighted by atomic mass is 10.0. The number of unbranched alkanes of at least 4 members (excludes halogenated alkanes) is 16. The van der Waals surface area contributed by atoms with E-state index in [0.29, 0.717) is 0 Å². The third-order valence-corrected chi connectivity index (χ3v) is 4.21. The highest BCUT2D eigenvalue weighted by Gasteiger charge is 1.94. The SMILES string of the molecule is C=CC.CC.CCC.CCCCCCCCCCCCCCCCCCC. The van der Waals surface area contributed by atoms with Crippen LogP contribution in [0.5, 0.6) is 0 Å². The van der Waals surface area contributed by atoms with Gasteiger partial charge in [-0.05, 0) is 6.92 Å². The van der Waals surface area contributed by atoms with Gasteiger partial charge in [-0.25, -0.2) is 0 Å². The Balaban J connectivity index is -0.000000283. The van der Waals surface area contributed by atoms with E-state index in [1.165, 1.54) is 116 Å². The van der Waals surface area contributed by atoms with Crippen molar-refractivity contribution < 1.29 is 0 Å². The summed E-state index contributed by atoms with van der Waals surface area (Å²) < 4.78 is 0. The van der Waals surface area contributed by atoms with Crippen LogP contribution in [-0.2, 0) is 0 Å². The van der Waals surface area contributed by atoms with Gasteiger partial charge in [0, 0.05) is 0 Å². The average Bonchev–Trinajstić information content (AvgIpc) is 2.68. The summed E-state index contributed by atoms with van der Waals surface area (Å²) in [6, 6.07) is 0. The molecule has 0 spiro atoms. The summed E-state index contributed by atoms with van der Waals surface area (Å²) in [5, 5.41) is 0. The van der Waals surface area contributed by atoms with Gasteiger partial charge in [0.2, 0.25) is 0 Å². The third kappa shape index (κ3) is 58.6. The first kappa shape index (κ1) is 34.3. The molecular weight excluding hydrogens is 324 g/mol. The zero-order valence-corrected chi connectivity index (χ0v) is 21.0. The molecule has 27 heavy (non-hydrogen) atoms. The molecule has 0 saturated heterocycles. The second kappa shape index (κ2) is 44.9. The first-order valence-corrected chi connectivity index (χ1v) is 12.8. The number of allylic oxidation sites excluding steroid dienone is 1. The second-order valence-electron chi connectivity index (χ2n) is 7.42. The van der Waals surface area contributed by atoms with Gasteiger partial charge in [0.1, 0.15) is 0 Å². The molecule has 0 nitrogen and oxygen atoms in total. The zero-order valence-electron chi connectivity index (χ0n) is 21.0. The van der Waals surface area contributed by atoms with E-state index in [2.05, 4.69) is 34.3 Å². The molecule has 168 valence electrons. The molecule has 0 unspecified atom stereocenters. The molecule has 0 radical (unpaired) electrons. The highest BCUT2D eigenvalue weighted by molar-refractivity contribution is 4.51. The van der Waals surface area contributed by atoms with Crippen LogP contribution in [0.4, 0.5) is 0 Å². The highest BCUT2D eigenvalue weighted by atomic mass is 14.0. The van der Waals surface area contributed by atoms with Crippen LogP contribution >= 0.6 is 0 Å². The average molecular weight is 385 g/mol. The Morgan fingerprint density at radius 3 is 0.667 bits per heavy atom. The zero-order chi connectivity index (χ0) is 21.4. The Labute approximate surface area is 177 Å². The predicted octanol–water partition coefficient (Wildman–Crippen LogP) is 11.3. The number of hydrogen-bond donors (Lipinski definition) is 0. The van der Waals surface area contributed by atoms with Crippen LogP contribution in [0.25, 0.3) is 0 Å². The molecule has 0 heterocycles. The van der Waals surface area contributed by atoms with Gasteiger partial charge in [0.15, 0.2) is 0 Å². The van der Waals surface area contributed by atoms with Crippen molar-refractivity contribution in [2.24, 2.45) is 0 Å². The van der Waals surface area contributed by atoms with Gasteiger partial charge < -0.3 is 0 Å². The van der Waals surface area contributed by atoms with Gasteiger partial charge in [0.25, 0.3) is 0 Å². The Morgan fingerprint density at radius 2 is 0.556 bits per heavy atom. The molecule has 0 aliphatic rings. The lowest BCUT2D eigenvalue weighted by molar-refractivity contribution is 0.529. The number of hydrogen-bond acceptors (Lipinski definition) is 0. The van der Waals surface area contributed by atoms with E-state index < -0.39 is 0 Å². The molecule has 0 bridgehead atoms. The van der Waals surface area contributed by atoms with Crippen LogP contribution in [0.1, 0.15) is 164 Å². The van der Waals surface area contributed by atoms with E-state index in [1.807, 2.05) is 20.8 Å². The second-order valence-corrected chi connectivity index (χ2v) is 7.42. The maximum Gasteiger partial charge on any atom is -0.0473 e. The molecule has 0 aliphatic heterocycles. The summed E-state index contributed by atoms with van der Waals surface area (Å²) in [7, 11) is 0. The largest absolute Gasteiger partial charge is 0.103 e. The fourth-order valence-corrected chi connectivity index (χ4v) is 2.80. The van der Waals surface area contributed by atoms with Crippen LogP contribution in [-0.4, -0.2) is 0 Å². The van der Waals surface area contributed by atoms with E-state index in [1.54, 1.807) is 6.08 Å². The van der Waals surface area contributed by atoms with Gasteiger partial charge in [-0.3, -0.25) is 0 Å². The van der Waals surface area contributed by atoms with E-state index in [0.717, 1.165) is 0 Å². The third-order valence-electron chi connectivity index (χ3n) is 4.21. The van der Waals surface area contributed by atoms with Gasteiger partial charge in [-0.1, -0.05) is 163 Å². The molecule has 0 aromatic carbocycles. The Hall–Kier alpha value is -0.260. The van der Waals surface area contributed by atoms with Crippen molar-refractivity contribution >= 4 is 0 Å². The normalized spacial score (nSPS) is 9.15. The van der Waals surface area contributed by atoms with E-state index in [-0.39, 0.29) is 0 Å². The molecule has 0 N–H and O–H groups in total. The first-order valence-electron chi connectivity index (χ1n) is 12.8. The lowest BCUT2D eigenvalue weighted by Gasteiger charge is -2.03. The fraction of sp³-hybridized carbons (Fsp3) is 0.926. The Bertz CT molecular complexity index is 166. The summed E-state index contributed by atoms with van der Waals surface area (Å²) in [5.74, 6) is 0. The maximum absolute atomic E-state index is 3.36. The molecule has 0 heteroatoms. The van der Waals surface area contributed by atoms with Crippen molar-refractivity contribution in [3.63, 3.8) is 0 Å². The van der Waals surface area contributed by atoms with E-state index in [4.69, 9.17) is 0 Å². The summed E-state index contributed by atoms with van der Waals surface area (Å²) in [6.45, 7) is 18.1. The van der Waals surface area contributed by atoms with Crippen LogP contribution < -0.4 is 0 Å². The van der Waals surface area contributed by atoms with Crippen molar-refractivity contribution in [1.29, 1.82) is 0 Å². The Morgan fingerprint density at radius 1 is 0.444 bits per heavy atom. The quantitative estimate of drug-likeness (QED) is 0.183. The molecule has 0 rings (SSSR count).